The molecule has 31 heavy (non-hydrogen) atoms. The van der Waals surface area contributed by atoms with E-state index in [0.717, 1.165) is 63.2 Å². The van der Waals surface area contributed by atoms with Crippen LogP contribution in [0.3, 0.4) is 0 Å². The Morgan fingerprint density at radius 3 is 2.39 bits per heavy atom. The first-order valence-corrected chi connectivity index (χ1v) is 11.5. The van der Waals surface area contributed by atoms with Crippen LogP contribution in [-0.2, 0) is 11.2 Å². The molecule has 0 N–H and O–H groups in total. The molecule has 4 rings (SSSR count). The molecule has 1 unspecified atom stereocenters. The number of hydrogen-bond donors (Lipinski definition) is 0. The van der Waals surface area contributed by atoms with Crippen molar-refractivity contribution in [2.24, 2.45) is 5.92 Å². The summed E-state index contributed by atoms with van der Waals surface area (Å²) in [4.78, 5) is 17.5. The summed E-state index contributed by atoms with van der Waals surface area (Å²) in [6, 6.07) is 17.1. The van der Waals surface area contributed by atoms with E-state index in [2.05, 4.69) is 52.3 Å². The van der Waals surface area contributed by atoms with Gasteiger partial charge in [-0.3, -0.25) is 9.69 Å². The van der Waals surface area contributed by atoms with Crippen LogP contribution in [0.1, 0.15) is 42.9 Å². The van der Waals surface area contributed by atoms with Crippen LogP contribution in [0, 0.1) is 5.92 Å². The summed E-state index contributed by atoms with van der Waals surface area (Å²) in [6.07, 6.45) is 5.50. The summed E-state index contributed by atoms with van der Waals surface area (Å²) in [5.41, 5.74) is 2.60. The molecule has 0 aromatic heterocycles. The van der Waals surface area contributed by atoms with Gasteiger partial charge in [0.1, 0.15) is 0 Å². The van der Waals surface area contributed by atoms with Crippen LogP contribution in [0.5, 0.6) is 11.5 Å². The van der Waals surface area contributed by atoms with E-state index in [0.29, 0.717) is 12.5 Å². The lowest BCUT2D eigenvalue weighted by Gasteiger charge is -2.34. The van der Waals surface area contributed by atoms with Crippen molar-refractivity contribution >= 4 is 5.91 Å². The highest BCUT2D eigenvalue weighted by Gasteiger charge is 2.31. The Morgan fingerprint density at radius 1 is 0.935 bits per heavy atom. The van der Waals surface area contributed by atoms with Gasteiger partial charge in [-0.25, -0.2) is 0 Å². The normalized spacial score (nSPS) is 20.1. The largest absolute Gasteiger partial charge is 0.493 e. The van der Waals surface area contributed by atoms with Crippen molar-refractivity contribution in [2.75, 3.05) is 40.4 Å². The average molecular weight is 423 g/mol. The molecule has 0 bridgehead atoms. The fourth-order valence-electron chi connectivity index (χ4n) is 5.06. The molecular weight excluding hydrogens is 388 g/mol. The van der Waals surface area contributed by atoms with Gasteiger partial charge in [0.15, 0.2) is 11.5 Å². The smallest absolute Gasteiger partial charge is 0.236 e. The first-order valence-electron chi connectivity index (χ1n) is 11.5. The Labute approximate surface area is 185 Å². The zero-order valence-electron chi connectivity index (χ0n) is 18.8. The minimum absolute atomic E-state index is 0.263. The number of methoxy groups -OCH3 is 2. The highest BCUT2D eigenvalue weighted by molar-refractivity contribution is 5.78. The van der Waals surface area contributed by atoms with E-state index < -0.39 is 0 Å². The van der Waals surface area contributed by atoms with Gasteiger partial charge in [-0.1, -0.05) is 36.4 Å². The van der Waals surface area contributed by atoms with Gasteiger partial charge in [0.2, 0.25) is 5.91 Å². The summed E-state index contributed by atoms with van der Waals surface area (Å²) >= 11 is 0. The number of hydrogen-bond acceptors (Lipinski definition) is 4. The highest BCUT2D eigenvalue weighted by atomic mass is 16.5. The van der Waals surface area contributed by atoms with Gasteiger partial charge in [0, 0.05) is 19.1 Å². The summed E-state index contributed by atoms with van der Waals surface area (Å²) in [7, 11) is 3.32. The fraction of sp³-hybridized carbons (Fsp3) is 0.500. The molecule has 2 aromatic rings. The van der Waals surface area contributed by atoms with Gasteiger partial charge < -0.3 is 14.4 Å². The molecule has 1 atom stereocenters. The highest BCUT2D eigenvalue weighted by Crippen LogP contribution is 2.37. The van der Waals surface area contributed by atoms with Crippen molar-refractivity contribution in [1.82, 2.24) is 9.80 Å². The summed E-state index contributed by atoms with van der Waals surface area (Å²) in [6.45, 7) is 3.23. The van der Waals surface area contributed by atoms with E-state index in [1.807, 2.05) is 6.07 Å². The Bertz CT molecular complexity index is 862. The van der Waals surface area contributed by atoms with Crippen molar-refractivity contribution in [3.63, 3.8) is 0 Å². The van der Waals surface area contributed by atoms with Crippen LogP contribution in [-0.4, -0.2) is 56.1 Å². The van der Waals surface area contributed by atoms with Gasteiger partial charge in [0.05, 0.1) is 20.8 Å². The van der Waals surface area contributed by atoms with Gasteiger partial charge in [0.25, 0.3) is 0 Å². The molecule has 1 amide bonds. The lowest BCUT2D eigenvalue weighted by atomic mass is 9.90. The summed E-state index contributed by atoms with van der Waals surface area (Å²) < 4.78 is 10.9. The predicted molar refractivity (Wildman–Crippen MR) is 123 cm³/mol. The Kier molecular flexibility index (Phi) is 7.13. The molecule has 0 radical (unpaired) electrons. The number of carbonyl (C=O) groups is 1. The van der Waals surface area contributed by atoms with Crippen LogP contribution in [0.15, 0.2) is 48.5 Å². The Morgan fingerprint density at radius 2 is 1.68 bits per heavy atom. The summed E-state index contributed by atoms with van der Waals surface area (Å²) in [5, 5.41) is 0. The third-order valence-corrected chi connectivity index (χ3v) is 6.83. The quantitative estimate of drug-likeness (QED) is 0.666. The van der Waals surface area contributed by atoms with E-state index >= 15 is 0 Å². The minimum Gasteiger partial charge on any atom is -0.493 e. The second kappa shape index (κ2) is 10.2. The number of benzene rings is 2. The van der Waals surface area contributed by atoms with E-state index in [-0.39, 0.29) is 11.9 Å². The van der Waals surface area contributed by atoms with Crippen LogP contribution in [0.2, 0.25) is 0 Å². The maximum absolute atomic E-state index is 13.1. The molecule has 5 nitrogen and oxygen atoms in total. The Hall–Kier alpha value is -2.53. The molecule has 0 saturated carbocycles. The number of rotatable bonds is 7. The number of amides is 1. The van der Waals surface area contributed by atoms with Crippen LogP contribution in [0.4, 0.5) is 0 Å². The number of carbonyl (C=O) groups excluding carboxylic acids is 1. The van der Waals surface area contributed by atoms with Crippen LogP contribution >= 0.6 is 0 Å². The zero-order valence-corrected chi connectivity index (χ0v) is 18.8. The predicted octanol–water partition coefficient (Wildman–Crippen LogP) is 4.32. The van der Waals surface area contributed by atoms with Crippen molar-refractivity contribution < 1.29 is 14.3 Å². The molecule has 166 valence electrons. The van der Waals surface area contributed by atoms with Gasteiger partial charge >= 0.3 is 0 Å². The standard InChI is InChI=1S/C26H34N2O3/c1-30-24-11-10-22(18-25(24)31-2)23-9-6-14-28(23)19-26(29)27-15-12-21(13-16-27)17-20-7-4-3-5-8-20/h3-5,7-8,10-11,18,21,23H,6,9,12-17,19H2,1-2H3. The maximum atomic E-state index is 13.1. The number of ether oxygens (including phenoxy) is 2. The van der Waals surface area contributed by atoms with Gasteiger partial charge in [-0.2, -0.15) is 0 Å². The second-order valence-electron chi connectivity index (χ2n) is 8.76. The van der Waals surface area contributed by atoms with Crippen molar-refractivity contribution in [3.05, 3.63) is 59.7 Å². The molecule has 2 aliphatic rings. The van der Waals surface area contributed by atoms with Crippen LogP contribution < -0.4 is 9.47 Å². The molecular formula is C26H34N2O3. The molecule has 5 heteroatoms. The van der Waals surface area contributed by atoms with Crippen molar-refractivity contribution in [2.45, 2.75) is 38.1 Å². The third-order valence-electron chi connectivity index (χ3n) is 6.83. The fourth-order valence-corrected chi connectivity index (χ4v) is 5.06. The van der Waals surface area contributed by atoms with E-state index in [9.17, 15) is 4.79 Å². The number of piperidine rings is 1. The average Bonchev–Trinajstić information content (AvgIpc) is 3.27. The summed E-state index contributed by atoms with van der Waals surface area (Å²) in [5.74, 6) is 2.44. The first-order chi connectivity index (χ1) is 15.2. The van der Waals surface area contributed by atoms with E-state index in [4.69, 9.17) is 9.47 Å². The number of nitrogens with zero attached hydrogens (tertiary/aromatic N) is 2. The first kappa shape index (κ1) is 21.7. The second-order valence-corrected chi connectivity index (χ2v) is 8.76. The van der Waals surface area contributed by atoms with E-state index in [1.165, 1.54) is 11.1 Å². The maximum Gasteiger partial charge on any atom is 0.236 e. The van der Waals surface area contributed by atoms with E-state index in [1.54, 1.807) is 14.2 Å². The molecule has 2 aromatic carbocycles. The topological polar surface area (TPSA) is 42.0 Å². The zero-order chi connectivity index (χ0) is 21.6. The van der Waals surface area contributed by atoms with Gasteiger partial charge in [-0.15, -0.1) is 0 Å². The van der Waals surface area contributed by atoms with Crippen LogP contribution in [0.25, 0.3) is 0 Å². The number of likely N-dealkylation sites (tertiary alicyclic amines) is 2. The molecule has 2 aliphatic heterocycles. The van der Waals surface area contributed by atoms with Gasteiger partial charge in [-0.05, 0) is 67.8 Å². The molecule has 0 spiro atoms. The SMILES string of the molecule is COc1ccc(C2CCCN2CC(=O)N2CCC(Cc3ccccc3)CC2)cc1OC. The lowest BCUT2D eigenvalue weighted by molar-refractivity contribution is -0.134. The molecule has 2 saturated heterocycles. The monoisotopic (exact) mass is 422 g/mol. The Balaban J connectivity index is 1.32. The lowest BCUT2D eigenvalue weighted by Crippen LogP contribution is -2.44. The van der Waals surface area contributed by atoms with Crippen molar-refractivity contribution in [3.8, 4) is 11.5 Å². The molecule has 2 heterocycles. The van der Waals surface area contributed by atoms with Crippen molar-refractivity contribution in [1.29, 1.82) is 0 Å². The third kappa shape index (κ3) is 5.21. The minimum atomic E-state index is 0.263. The molecule has 0 aliphatic carbocycles. The molecule has 2 fully saturated rings.